The first kappa shape index (κ1) is 12.1. The van der Waals surface area contributed by atoms with Crippen molar-refractivity contribution >= 4 is 0 Å². The molecule has 1 rings (SSSR count). The summed E-state index contributed by atoms with van der Waals surface area (Å²) in [6, 6.07) is 7.00. The number of halogens is 1. The molecule has 84 valence electrons. The van der Waals surface area contributed by atoms with E-state index in [9.17, 15) is 4.39 Å². The van der Waals surface area contributed by atoms with Gasteiger partial charge in [-0.25, -0.2) is 4.39 Å². The van der Waals surface area contributed by atoms with Gasteiger partial charge in [-0.15, -0.1) is 0 Å². The van der Waals surface area contributed by atoms with Crippen molar-refractivity contribution in [2.75, 3.05) is 0 Å². The molecular weight excluding hydrogens is 191 g/mol. The van der Waals surface area contributed by atoms with Gasteiger partial charge in [0.1, 0.15) is 5.82 Å². The predicted octanol–water partition coefficient (Wildman–Crippen LogP) is 2.21. The maximum atomic E-state index is 13.4. The Morgan fingerprint density at radius 2 is 1.80 bits per heavy atom. The van der Waals surface area contributed by atoms with Gasteiger partial charge >= 0.3 is 0 Å². The van der Waals surface area contributed by atoms with Gasteiger partial charge in [0.25, 0.3) is 0 Å². The summed E-state index contributed by atoms with van der Waals surface area (Å²) in [6.45, 7) is 5.88. The summed E-state index contributed by atoms with van der Waals surface area (Å²) in [5.74, 6) is -0.172. The molecule has 0 spiro atoms. The Labute approximate surface area is 90.7 Å². The van der Waals surface area contributed by atoms with E-state index in [0.29, 0.717) is 5.56 Å². The third-order valence-electron chi connectivity index (χ3n) is 2.67. The zero-order valence-corrected chi connectivity index (χ0v) is 9.50. The summed E-state index contributed by atoms with van der Waals surface area (Å²) in [5, 5.41) is 3.27. The molecule has 0 saturated heterocycles. The van der Waals surface area contributed by atoms with E-state index < -0.39 is 0 Å². The summed E-state index contributed by atoms with van der Waals surface area (Å²) in [7, 11) is 0. The highest BCUT2D eigenvalue weighted by atomic mass is 19.1. The lowest BCUT2D eigenvalue weighted by molar-refractivity contribution is 0.420. The summed E-state index contributed by atoms with van der Waals surface area (Å²) in [5.41, 5.74) is 6.43. The molecule has 0 amide bonds. The monoisotopic (exact) mass is 210 g/mol. The zero-order chi connectivity index (χ0) is 11.4. The third kappa shape index (κ3) is 3.29. The van der Waals surface area contributed by atoms with Crippen molar-refractivity contribution in [3.8, 4) is 0 Å². The first-order chi connectivity index (χ1) is 7.02. The highest BCUT2D eigenvalue weighted by Crippen LogP contribution is 2.16. The van der Waals surface area contributed by atoms with Crippen molar-refractivity contribution in [1.29, 1.82) is 0 Å². The molecule has 3 N–H and O–H groups in total. The molecule has 0 radical (unpaired) electrons. The molecule has 1 aromatic carbocycles. The van der Waals surface area contributed by atoms with Gasteiger partial charge < -0.3 is 11.1 Å². The fourth-order valence-corrected chi connectivity index (χ4v) is 1.46. The minimum atomic E-state index is -0.172. The van der Waals surface area contributed by atoms with Gasteiger partial charge in [0.15, 0.2) is 0 Å². The van der Waals surface area contributed by atoms with Crippen molar-refractivity contribution in [2.45, 2.75) is 38.9 Å². The second-order valence-corrected chi connectivity index (χ2v) is 4.06. The molecular formula is C12H19FN2. The standard InChI is InChI=1S/C12H19FN2/c1-8(14)9(2)15-10(3)11-6-4-5-7-12(11)13/h4-10,15H,14H2,1-3H3. The average Bonchev–Trinajstić information content (AvgIpc) is 2.18. The van der Waals surface area contributed by atoms with Crippen LogP contribution in [0.1, 0.15) is 32.4 Å². The smallest absolute Gasteiger partial charge is 0.127 e. The largest absolute Gasteiger partial charge is 0.327 e. The molecule has 3 atom stereocenters. The van der Waals surface area contributed by atoms with E-state index in [1.165, 1.54) is 6.07 Å². The highest BCUT2D eigenvalue weighted by molar-refractivity contribution is 5.20. The number of hydrogen-bond donors (Lipinski definition) is 2. The molecule has 15 heavy (non-hydrogen) atoms. The van der Waals surface area contributed by atoms with Crippen LogP contribution in [0.25, 0.3) is 0 Å². The van der Waals surface area contributed by atoms with Crippen LogP contribution in [0.3, 0.4) is 0 Å². The van der Waals surface area contributed by atoms with Crippen LogP contribution in [-0.2, 0) is 0 Å². The van der Waals surface area contributed by atoms with E-state index in [-0.39, 0.29) is 23.9 Å². The Balaban J connectivity index is 2.69. The Bertz CT molecular complexity index is 312. The average molecular weight is 210 g/mol. The lowest BCUT2D eigenvalue weighted by Crippen LogP contribution is -2.42. The van der Waals surface area contributed by atoms with Gasteiger partial charge in [0.2, 0.25) is 0 Å². The molecule has 0 aliphatic rings. The van der Waals surface area contributed by atoms with Gasteiger partial charge in [-0.2, -0.15) is 0 Å². The second kappa shape index (κ2) is 5.24. The van der Waals surface area contributed by atoms with Gasteiger partial charge in [0, 0.05) is 23.7 Å². The van der Waals surface area contributed by atoms with E-state index in [0.717, 1.165) is 0 Å². The van der Waals surface area contributed by atoms with Gasteiger partial charge in [0.05, 0.1) is 0 Å². The molecule has 0 fully saturated rings. The third-order valence-corrected chi connectivity index (χ3v) is 2.67. The van der Waals surface area contributed by atoms with Crippen molar-refractivity contribution < 1.29 is 4.39 Å². The minimum Gasteiger partial charge on any atom is -0.327 e. The lowest BCUT2D eigenvalue weighted by Gasteiger charge is -2.23. The van der Waals surface area contributed by atoms with E-state index in [4.69, 9.17) is 5.73 Å². The van der Waals surface area contributed by atoms with Gasteiger partial charge in [-0.05, 0) is 26.8 Å². The van der Waals surface area contributed by atoms with Crippen LogP contribution < -0.4 is 11.1 Å². The predicted molar refractivity (Wildman–Crippen MR) is 61.1 cm³/mol. The van der Waals surface area contributed by atoms with Crippen LogP contribution in [0.2, 0.25) is 0 Å². The van der Waals surface area contributed by atoms with E-state index in [2.05, 4.69) is 5.32 Å². The zero-order valence-electron chi connectivity index (χ0n) is 9.50. The second-order valence-electron chi connectivity index (χ2n) is 4.06. The topological polar surface area (TPSA) is 38.0 Å². The van der Waals surface area contributed by atoms with E-state index in [1.54, 1.807) is 12.1 Å². The Morgan fingerprint density at radius 1 is 1.20 bits per heavy atom. The molecule has 0 bridgehead atoms. The summed E-state index contributed by atoms with van der Waals surface area (Å²) in [6.07, 6.45) is 0. The molecule has 0 heterocycles. The SMILES string of the molecule is CC(NC(C)C(C)N)c1ccccc1F. The van der Waals surface area contributed by atoms with Crippen molar-refractivity contribution in [1.82, 2.24) is 5.32 Å². The van der Waals surface area contributed by atoms with Crippen LogP contribution in [0.15, 0.2) is 24.3 Å². The highest BCUT2D eigenvalue weighted by Gasteiger charge is 2.14. The summed E-state index contributed by atoms with van der Waals surface area (Å²) >= 11 is 0. The first-order valence-corrected chi connectivity index (χ1v) is 5.28. The number of hydrogen-bond acceptors (Lipinski definition) is 2. The molecule has 2 nitrogen and oxygen atoms in total. The molecule has 0 aliphatic carbocycles. The maximum absolute atomic E-state index is 13.4. The minimum absolute atomic E-state index is 0.0211. The van der Waals surface area contributed by atoms with Crippen molar-refractivity contribution in [2.24, 2.45) is 5.73 Å². The molecule has 1 aromatic rings. The molecule has 3 heteroatoms. The summed E-state index contributed by atoms with van der Waals surface area (Å²) in [4.78, 5) is 0. The lowest BCUT2D eigenvalue weighted by atomic mass is 10.1. The number of benzene rings is 1. The van der Waals surface area contributed by atoms with Crippen LogP contribution in [0, 0.1) is 5.82 Å². The van der Waals surface area contributed by atoms with Crippen LogP contribution in [0.5, 0.6) is 0 Å². The Kier molecular flexibility index (Phi) is 4.24. The van der Waals surface area contributed by atoms with Gasteiger partial charge in [-0.3, -0.25) is 0 Å². The summed E-state index contributed by atoms with van der Waals surface area (Å²) < 4.78 is 13.4. The fraction of sp³-hybridized carbons (Fsp3) is 0.500. The Hall–Kier alpha value is -0.930. The normalized spacial score (nSPS) is 17.1. The van der Waals surface area contributed by atoms with E-state index in [1.807, 2.05) is 26.8 Å². The molecule has 3 unspecified atom stereocenters. The quantitative estimate of drug-likeness (QED) is 0.799. The van der Waals surface area contributed by atoms with Crippen LogP contribution in [0.4, 0.5) is 4.39 Å². The number of nitrogens with two attached hydrogens (primary N) is 1. The van der Waals surface area contributed by atoms with Gasteiger partial charge in [-0.1, -0.05) is 18.2 Å². The van der Waals surface area contributed by atoms with E-state index >= 15 is 0 Å². The Morgan fingerprint density at radius 3 is 2.33 bits per heavy atom. The first-order valence-electron chi connectivity index (χ1n) is 5.28. The van der Waals surface area contributed by atoms with Crippen LogP contribution >= 0.6 is 0 Å². The van der Waals surface area contributed by atoms with Crippen LogP contribution in [-0.4, -0.2) is 12.1 Å². The molecule has 0 aliphatic heterocycles. The fourth-order valence-electron chi connectivity index (χ4n) is 1.46. The van der Waals surface area contributed by atoms with Crippen molar-refractivity contribution in [3.05, 3.63) is 35.6 Å². The number of rotatable bonds is 4. The number of nitrogens with one attached hydrogen (secondary N) is 1. The molecule has 0 aromatic heterocycles. The van der Waals surface area contributed by atoms with Crippen molar-refractivity contribution in [3.63, 3.8) is 0 Å². The maximum Gasteiger partial charge on any atom is 0.127 e. The molecule has 0 saturated carbocycles.